The minimum absolute atomic E-state index is 0.0853. The van der Waals surface area contributed by atoms with Gasteiger partial charge in [-0.15, -0.1) is 0 Å². The van der Waals surface area contributed by atoms with Crippen molar-refractivity contribution in [1.29, 1.82) is 0 Å². The number of carboxylic acid groups (broad SMARTS) is 1. The van der Waals surface area contributed by atoms with Crippen molar-refractivity contribution in [2.24, 2.45) is 11.8 Å². The van der Waals surface area contributed by atoms with Gasteiger partial charge >= 0.3 is 5.97 Å². The largest absolute Gasteiger partial charge is 0.481 e. The highest BCUT2D eigenvalue weighted by molar-refractivity contribution is 5.95. The van der Waals surface area contributed by atoms with E-state index < -0.39 is 11.9 Å². The SMILES string of the molecule is CCn1ncc2ccc(NC(=O)C3CCCC(C(=O)O)C3)cc21. The molecule has 2 N–H and O–H groups in total. The van der Waals surface area contributed by atoms with Crippen LogP contribution >= 0.6 is 0 Å². The van der Waals surface area contributed by atoms with E-state index in [4.69, 9.17) is 5.11 Å². The first-order chi connectivity index (χ1) is 11.1. The standard InChI is InChI=1S/C17H21N3O3/c1-2-20-15-9-14(7-6-13(15)10-18-20)19-16(21)11-4-3-5-12(8-11)17(22)23/h6-7,9-12H,2-5,8H2,1H3,(H,19,21)(H,22,23). The Morgan fingerprint density at radius 1 is 1.35 bits per heavy atom. The number of carboxylic acids is 1. The predicted octanol–water partition coefficient (Wildman–Crippen LogP) is 2.89. The average Bonchev–Trinajstić information content (AvgIpc) is 2.97. The molecule has 0 radical (unpaired) electrons. The number of rotatable bonds is 4. The Bertz CT molecular complexity index is 738. The number of aryl methyl sites for hydroxylation is 1. The first-order valence-electron chi connectivity index (χ1n) is 8.07. The number of aliphatic carboxylic acids is 1. The normalized spacial score (nSPS) is 21.3. The average molecular weight is 315 g/mol. The summed E-state index contributed by atoms with van der Waals surface area (Å²) in [6, 6.07) is 5.71. The topological polar surface area (TPSA) is 84.2 Å². The Morgan fingerprint density at radius 2 is 2.13 bits per heavy atom. The van der Waals surface area contributed by atoms with E-state index in [-0.39, 0.29) is 11.8 Å². The molecular formula is C17H21N3O3. The van der Waals surface area contributed by atoms with Crippen LogP contribution in [0.15, 0.2) is 24.4 Å². The second kappa shape index (κ2) is 6.40. The lowest BCUT2D eigenvalue weighted by Gasteiger charge is -2.25. The highest BCUT2D eigenvalue weighted by Gasteiger charge is 2.31. The van der Waals surface area contributed by atoms with E-state index in [1.165, 1.54) is 0 Å². The van der Waals surface area contributed by atoms with Crippen LogP contribution in [0.2, 0.25) is 0 Å². The molecule has 1 aromatic heterocycles. The Hall–Kier alpha value is -2.37. The fourth-order valence-corrected chi connectivity index (χ4v) is 3.30. The van der Waals surface area contributed by atoms with Crippen LogP contribution in [0.5, 0.6) is 0 Å². The van der Waals surface area contributed by atoms with Crippen molar-refractivity contribution < 1.29 is 14.7 Å². The van der Waals surface area contributed by atoms with Gasteiger partial charge in [0.25, 0.3) is 0 Å². The van der Waals surface area contributed by atoms with Crippen molar-refractivity contribution in [1.82, 2.24) is 9.78 Å². The van der Waals surface area contributed by atoms with E-state index in [9.17, 15) is 9.59 Å². The van der Waals surface area contributed by atoms with E-state index in [2.05, 4.69) is 10.4 Å². The third kappa shape index (κ3) is 3.21. The highest BCUT2D eigenvalue weighted by atomic mass is 16.4. The van der Waals surface area contributed by atoms with Crippen molar-refractivity contribution in [2.45, 2.75) is 39.2 Å². The fourth-order valence-electron chi connectivity index (χ4n) is 3.30. The van der Waals surface area contributed by atoms with Crippen LogP contribution in [0.25, 0.3) is 10.9 Å². The molecule has 0 aliphatic heterocycles. The number of nitrogens with zero attached hydrogens (tertiary/aromatic N) is 2. The predicted molar refractivity (Wildman–Crippen MR) is 87.1 cm³/mol. The minimum atomic E-state index is -0.796. The lowest BCUT2D eigenvalue weighted by Crippen LogP contribution is -2.30. The molecule has 0 saturated heterocycles. The van der Waals surface area contributed by atoms with Crippen LogP contribution < -0.4 is 5.32 Å². The van der Waals surface area contributed by atoms with Gasteiger partial charge in [-0.25, -0.2) is 0 Å². The van der Waals surface area contributed by atoms with Crippen LogP contribution in [0, 0.1) is 11.8 Å². The van der Waals surface area contributed by atoms with Crippen LogP contribution in [-0.4, -0.2) is 26.8 Å². The lowest BCUT2D eigenvalue weighted by atomic mass is 9.81. The monoisotopic (exact) mass is 315 g/mol. The molecule has 1 amide bonds. The number of amides is 1. The molecule has 0 spiro atoms. The van der Waals surface area contributed by atoms with Crippen LogP contribution in [0.4, 0.5) is 5.69 Å². The van der Waals surface area contributed by atoms with Crippen molar-refractivity contribution >= 4 is 28.5 Å². The summed E-state index contributed by atoms with van der Waals surface area (Å²) in [5.74, 6) is -1.51. The van der Waals surface area contributed by atoms with Gasteiger partial charge in [0.2, 0.25) is 5.91 Å². The second-order valence-corrected chi connectivity index (χ2v) is 6.12. The zero-order valence-corrected chi connectivity index (χ0v) is 13.2. The lowest BCUT2D eigenvalue weighted by molar-refractivity contribution is -0.143. The fraction of sp³-hybridized carbons (Fsp3) is 0.471. The Balaban J connectivity index is 1.73. The summed E-state index contributed by atoms with van der Waals surface area (Å²) in [5, 5.41) is 17.4. The summed E-state index contributed by atoms with van der Waals surface area (Å²) in [6.07, 6.45) is 4.45. The molecule has 1 aliphatic rings. The number of nitrogens with one attached hydrogen (secondary N) is 1. The van der Waals surface area contributed by atoms with E-state index in [0.717, 1.165) is 36.0 Å². The van der Waals surface area contributed by atoms with Crippen molar-refractivity contribution in [3.8, 4) is 0 Å². The molecule has 1 aromatic carbocycles. The first kappa shape index (κ1) is 15.5. The molecule has 0 bridgehead atoms. The zero-order valence-electron chi connectivity index (χ0n) is 13.2. The summed E-state index contributed by atoms with van der Waals surface area (Å²) in [4.78, 5) is 23.6. The quantitative estimate of drug-likeness (QED) is 0.908. The Morgan fingerprint density at radius 3 is 2.87 bits per heavy atom. The molecule has 2 unspecified atom stereocenters. The number of fused-ring (bicyclic) bond motifs is 1. The molecule has 2 atom stereocenters. The molecule has 6 nitrogen and oxygen atoms in total. The van der Waals surface area contributed by atoms with E-state index >= 15 is 0 Å². The summed E-state index contributed by atoms with van der Waals surface area (Å²) >= 11 is 0. The van der Waals surface area contributed by atoms with E-state index in [0.29, 0.717) is 12.8 Å². The summed E-state index contributed by atoms with van der Waals surface area (Å²) in [6.45, 7) is 2.79. The van der Waals surface area contributed by atoms with Gasteiger partial charge in [0.15, 0.2) is 0 Å². The molecule has 122 valence electrons. The summed E-state index contributed by atoms with van der Waals surface area (Å²) in [5.41, 5.74) is 1.72. The number of hydrogen-bond acceptors (Lipinski definition) is 3. The Labute approximate surface area is 134 Å². The van der Waals surface area contributed by atoms with Crippen molar-refractivity contribution in [3.63, 3.8) is 0 Å². The maximum absolute atomic E-state index is 12.4. The molecule has 1 saturated carbocycles. The minimum Gasteiger partial charge on any atom is -0.481 e. The van der Waals surface area contributed by atoms with Gasteiger partial charge in [0, 0.05) is 23.5 Å². The van der Waals surface area contributed by atoms with Crippen LogP contribution in [-0.2, 0) is 16.1 Å². The molecule has 1 fully saturated rings. The maximum atomic E-state index is 12.4. The molecule has 3 rings (SSSR count). The van der Waals surface area contributed by atoms with E-state index in [1.807, 2.05) is 36.0 Å². The number of aromatic nitrogens is 2. The third-order valence-corrected chi connectivity index (χ3v) is 4.61. The summed E-state index contributed by atoms with van der Waals surface area (Å²) in [7, 11) is 0. The molecule has 1 heterocycles. The number of anilines is 1. The molecular weight excluding hydrogens is 294 g/mol. The van der Waals surface area contributed by atoms with Crippen molar-refractivity contribution in [2.75, 3.05) is 5.32 Å². The summed E-state index contributed by atoms with van der Waals surface area (Å²) < 4.78 is 1.88. The first-order valence-corrected chi connectivity index (χ1v) is 8.07. The number of benzene rings is 1. The van der Waals surface area contributed by atoms with Gasteiger partial charge in [-0.2, -0.15) is 5.10 Å². The van der Waals surface area contributed by atoms with Crippen molar-refractivity contribution in [3.05, 3.63) is 24.4 Å². The maximum Gasteiger partial charge on any atom is 0.306 e. The van der Waals surface area contributed by atoms with Gasteiger partial charge in [-0.3, -0.25) is 14.3 Å². The number of carbonyl (C=O) groups excluding carboxylic acids is 1. The Kier molecular flexibility index (Phi) is 4.32. The second-order valence-electron chi connectivity index (χ2n) is 6.12. The van der Waals surface area contributed by atoms with Gasteiger partial charge in [0.05, 0.1) is 17.6 Å². The zero-order chi connectivity index (χ0) is 16.4. The molecule has 23 heavy (non-hydrogen) atoms. The van der Waals surface area contributed by atoms with Gasteiger partial charge < -0.3 is 10.4 Å². The third-order valence-electron chi connectivity index (χ3n) is 4.61. The van der Waals surface area contributed by atoms with Crippen LogP contribution in [0.3, 0.4) is 0 Å². The number of carbonyl (C=O) groups is 2. The van der Waals surface area contributed by atoms with Crippen LogP contribution in [0.1, 0.15) is 32.6 Å². The highest BCUT2D eigenvalue weighted by Crippen LogP contribution is 2.30. The molecule has 2 aromatic rings. The van der Waals surface area contributed by atoms with E-state index in [1.54, 1.807) is 0 Å². The van der Waals surface area contributed by atoms with Gasteiger partial charge in [-0.05, 0) is 44.4 Å². The molecule has 1 aliphatic carbocycles. The number of hydrogen-bond donors (Lipinski definition) is 2. The van der Waals surface area contributed by atoms with Gasteiger partial charge in [0.1, 0.15) is 0 Å². The van der Waals surface area contributed by atoms with Gasteiger partial charge in [-0.1, -0.05) is 6.42 Å². The molecule has 6 heteroatoms. The smallest absolute Gasteiger partial charge is 0.306 e.